The van der Waals surface area contributed by atoms with Gasteiger partial charge in [0.05, 0.1) is 5.56 Å². The van der Waals surface area contributed by atoms with Crippen LogP contribution in [-0.2, 0) is 25.4 Å². The molecule has 3 aromatic heterocycles. The number of aromatic amines is 1. The Morgan fingerprint density at radius 1 is 0.931 bits per heavy atom. The third kappa shape index (κ3) is 4.29. The smallest absolute Gasteiger partial charge is 0.346 e. The Balaban J connectivity index is 1.45. The van der Waals surface area contributed by atoms with E-state index in [0.717, 1.165) is 28.2 Å². The van der Waals surface area contributed by atoms with Crippen LogP contribution in [0.3, 0.4) is 0 Å². The van der Waals surface area contributed by atoms with Crippen LogP contribution in [0.1, 0.15) is 27.9 Å². The lowest BCUT2D eigenvalue weighted by Crippen LogP contribution is -2.10. The van der Waals surface area contributed by atoms with Crippen LogP contribution in [0.25, 0.3) is 11.0 Å². The van der Waals surface area contributed by atoms with Crippen molar-refractivity contribution in [3.8, 4) is 0 Å². The van der Waals surface area contributed by atoms with Crippen LogP contribution in [-0.4, -0.2) is 15.0 Å². The number of nitrogens with one attached hydrogen (secondary N) is 1. The highest BCUT2D eigenvalue weighted by atomic mass is 19.4. The van der Waals surface area contributed by atoms with Crippen LogP contribution < -0.4 is 0 Å². The van der Waals surface area contributed by atoms with Gasteiger partial charge in [0.15, 0.2) is 0 Å². The van der Waals surface area contributed by atoms with Gasteiger partial charge < -0.3 is 4.98 Å². The first-order valence-corrected chi connectivity index (χ1v) is 9.10. The maximum Gasteiger partial charge on any atom is 0.416 e. The van der Waals surface area contributed by atoms with Gasteiger partial charge in [0.2, 0.25) is 0 Å². The van der Waals surface area contributed by atoms with Crippen molar-refractivity contribution in [3.05, 3.63) is 94.8 Å². The molecule has 0 aliphatic rings. The summed E-state index contributed by atoms with van der Waals surface area (Å²) >= 11 is 0. The fraction of sp³-hybridized carbons (Fsp3) is 0.182. The third-order valence-corrected chi connectivity index (χ3v) is 4.85. The summed E-state index contributed by atoms with van der Waals surface area (Å²) in [6.45, 7) is 0. The summed E-state index contributed by atoms with van der Waals surface area (Å²) in [4.78, 5) is 11.8. The van der Waals surface area contributed by atoms with Gasteiger partial charge >= 0.3 is 6.18 Å². The van der Waals surface area contributed by atoms with Crippen molar-refractivity contribution in [2.45, 2.75) is 25.4 Å². The van der Waals surface area contributed by atoms with Crippen LogP contribution in [0, 0.1) is 5.82 Å². The molecular formula is C22H17F4N3. The van der Waals surface area contributed by atoms with Gasteiger partial charge in [-0.05, 0) is 59.9 Å². The molecule has 4 aromatic rings. The fourth-order valence-electron chi connectivity index (χ4n) is 3.38. The zero-order chi connectivity index (χ0) is 20.4. The van der Waals surface area contributed by atoms with Crippen molar-refractivity contribution in [2.75, 3.05) is 0 Å². The normalized spacial score (nSPS) is 11.9. The van der Waals surface area contributed by atoms with Gasteiger partial charge in [0.25, 0.3) is 0 Å². The van der Waals surface area contributed by atoms with Gasteiger partial charge in [-0.15, -0.1) is 0 Å². The number of fused-ring (bicyclic) bond motifs is 1. The number of aromatic nitrogens is 3. The zero-order valence-electron chi connectivity index (χ0n) is 15.3. The monoisotopic (exact) mass is 399 g/mol. The highest BCUT2D eigenvalue weighted by molar-refractivity contribution is 5.79. The Labute approximate surface area is 164 Å². The second-order valence-corrected chi connectivity index (χ2v) is 6.85. The Hall–Kier alpha value is -3.22. The van der Waals surface area contributed by atoms with Crippen molar-refractivity contribution >= 4 is 11.0 Å². The molecule has 0 saturated heterocycles. The molecule has 0 unspecified atom stereocenters. The predicted octanol–water partition coefficient (Wildman–Crippen LogP) is 5.49. The number of hydrogen-bond donors (Lipinski definition) is 1. The molecule has 0 amide bonds. The lowest BCUT2D eigenvalue weighted by Gasteiger charge is -2.13. The summed E-state index contributed by atoms with van der Waals surface area (Å²) in [5.41, 5.74) is 2.75. The van der Waals surface area contributed by atoms with Crippen LogP contribution in [0.2, 0.25) is 0 Å². The van der Waals surface area contributed by atoms with E-state index in [2.05, 4.69) is 15.0 Å². The second kappa shape index (κ2) is 7.66. The van der Waals surface area contributed by atoms with Crippen LogP contribution in [0.5, 0.6) is 0 Å². The van der Waals surface area contributed by atoms with E-state index in [1.807, 2.05) is 30.5 Å². The van der Waals surface area contributed by atoms with Gasteiger partial charge in [0.1, 0.15) is 11.5 Å². The predicted molar refractivity (Wildman–Crippen MR) is 102 cm³/mol. The molecule has 0 atom stereocenters. The molecule has 0 fully saturated rings. The highest BCUT2D eigenvalue weighted by Crippen LogP contribution is 2.33. The van der Waals surface area contributed by atoms with Gasteiger partial charge in [-0.25, -0.2) is 9.37 Å². The number of H-pyrrole nitrogens is 1. The van der Waals surface area contributed by atoms with E-state index in [0.29, 0.717) is 24.6 Å². The van der Waals surface area contributed by atoms with E-state index in [-0.39, 0.29) is 12.0 Å². The molecule has 0 radical (unpaired) electrons. The molecule has 148 valence electrons. The summed E-state index contributed by atoms with van der Waals surface area (Å²) in [7, 11) is 0. The Kier molecular flexibility index (Phi) is 5.05. The third-order valence-electron chi connectivity index (χ3n) is 4.85. The van der Waals surface area contributed by atoms with E-state index in [1.165, 1.54) is 6.07 Å². The average molecular weight is 399 g/mol. The first-order valence-electron chi connectivity index (χ1n) is 9.10. The van der Waals surface area contributed by atoms with Crippen molar-refractivity contribution < 1.29 is 17.6 Å². The van der Waals surface area contributed by atoms with Crippen LogP contribution in [0.15, 0.2) is 61.1 Å². The molecule has 3 heterocycles. The Morgan fingerprint density at radius 3 is 2.55 bits per heavy atom. The SMILES string of the molecule is Fc1ccc(CCc2ccc(Cc3c[nH]c4ncccc34)cn2)c(C(F)(F)F)c1. The van der Waals surface area contributed by atoms with E-state index in [1.54, 1.807) is 12.4 Å². The number of aryl methyl sites for hydroxylation is 2. The van der Waals surface area contributed by atoms with Crippen LogP contribution >= 0.6 is 0 Å². The first-order chi connectivity index (χ1) is 13.9. The quantitative estimate of drug-likeness (QED) is 0.451. The topological polar surface area (TPSA) is 41.6 Å². The first kappa shape index (κ1) is 19.1. The van der Waals surface area contributed by atoms with Crippen molar-refractivity contribution in [2.24, 2.45) is 0 Å². The molecule has 1 aromatic carbocycles. The Morgan fingerprint density at radius 2 is 1.79 bits per heavy atom. The standard InChI is InChI=1S/C22H17F4N3/c23-17-6-4-15(20(11-17)22(24,25)26)5-8-18-7-3-14(12-28-18)10-16-13-29-21-19(16)2-1-9-27-21/h1-4,6-7,9,11-13H,5,8,10H2,(H,27,29). The molecule has 0 aliphatic heterocycles. The molecule has 7 heteroatoms. The summed E-state index contributed by atoms with van der Waals surface area (Å²) in [6, 6.07) is 10.4. The number of alkyl halides is 3. The lowest BCUT2D eigenvalue weighted by atomic mass is 10.0. The van der Waals surface area contributed by atoms with Crippen molar-refractivity contribution in [1.82, 2.24) is 15.0 Å². The molecule has 0 spiro atoms. The van der Waals surface area contributed by atoms with Crippen molar-refractivity contribution in [3.63, 3.8) is 0 Å². The molecular weight excluding hydrogens is 382 g/mol. The highest BCUT2D eigenvalue weighted by Gasteiger charge is 2.33. The number of halogens is 4. The average Bonchev–Trinajstić information content (AvgIpc) is 3.10. The number of rotatable bonds is 5. The molecule has 4 rings (SSSR count). The molecule has 0 bridgehead atoms. The van der Waals surface area contributed by atoms with Gasteiger partial charge in [-0.1, -0.05) is 12.1 Å². The van der Waals surface area contributed by atoms with E-state index in [4.69, 9.17) is 0 Å². The van der Waals surface area contributed by atoms with E-state index < -0.39 is 17.6 Å². The summed E-state index contributed by atoms with van der Waals surface area (Å²) in [6.07, 6.45) is 1.95. The summed E-state index contributed by atoms with van der Waals surface area (Å²) < 4.78 is 52.5. The minimum Gasteiger partial charge on any atom is -0.346 e. The minimum absolute atomic E-state index is 0.0658. The Bertz CT molecular complexity index is 1130. The number of hydrogen-bond acceptors (Lipinski definition) is 2. The van der Waals surface area contributed by atoms with Crippen molar-refractivity contribution in [1.29, 1.82) is 0 Å². The number of pyridine rings is 2. The zero-order valence-corrected chi connectivity index (χ0v) is 15.3. The summed E-state index contributed by atoms with van der Waals surface area (Å²) in [5, 5.41) is 1.05. The van der Waals surface area contributed by atoms with E-state index in [9.17, 15) is 17.6 Å². The van der Waals surface area contributed by atoms with Gasteiger partial charge in [0, 0.05) is 36.1 Å². The van der Waals surface area contributed by atoms with Gasteiger partial charge in [-0.3, -0.25) is 4.98 Å². The molecule has 29 heavy (non-hydrogen) atoms. The maximum absolute atomic E-state index is 13.2. The number of benzene rings is 1. The molecule has 3 nitrogen and oxygen atoms in total. The van der Waals surface area contributed by atoms with Gasteiger partial charge in [-0.2, -0.15) is 13.2 Å². The maximum atomic E-state index is 13.2. The number of nitrogens with zero attached hydrogens (tertiary/aromatic N) is 2. The lowest BCUT2D eigenvalue weighted by molar-refractivity contribution is -0.138. The largest absolute Gasteiger partial charge is 0.416 e. The fourth-order valence-corrected chi connectivity index (χ4v) is 3.38. The minimum atomic E-state index is -4.58. The molecule has 1 N–H and O–H groups in total. The second-order valence-electron chi connectivity index (χ2n) is 6.85. The molecule has 0 saturated carbocycles. The molecule has 0 aliphatic carbocycles. The van der Waals surface area contributed by atoms with E-state index >= 15 is 0 Å². The summed E-state index contributed by atoms with van der Waals surface area (Å²) in [5.74, 6) is -0.893. The van der Waals surface area contributed by atoms with Crippen LogP contribution in [0.4, 0.5) is 17.6 Å².